The third-order valence-corrected chi connectivity index (χ3v) is 15.3. The predicted octanol–water partition coefficient (Wildman–Crippen LogP) is 9.34. The zero-order valence-corrected chi connectivity index (χ0v) is 30.2. The van der Waals surface area contributed by atoms with E-state index in [0.717, 1.165) is 0 Å². The molecule has 2 heteroatoms. The highest BCUT2D eigenvalue weighted by molar-refractivity contribution is 7.81. The molecule has 0 nitrogen and oxygen atoms in total. The fourth-order valence-corrected chi connectivity index (χ4v) is 12.4. The van der Waals surface area contributed by atoms with Crippen LogP contribution in [-0.2, 0) is 0 Å². The maximum Gasteiger partial charge on any atom is -0.00375 e. The summed E-state index contributed by atoms with van der Waals surface area (Å²) in [5.74, 6) is 0. The normalized spacial score (nSPS) is 11.4. The van der Waals surface area contributed by atoms with Gasteiger partial charge in [-0.3, -0.25) is 0 Å². The molecule has 0 bridgehead atoms. The minimum absolute atomic E-state index is 0.828. The van der Waals surface area contributed by atoms with Gasteiger partial charge in [0.05, 0.1) is 0 Å². The van der Waals surface area contributed by atoms with Crippen LogP contribution >= 0.6 is 15.8 Å². The first-order chi connectivity index (χ1) is 22.2. The predicted molar refractivity (Wildman–Crippen MR) is 207 cm³/mol. The van der Waals surface area contributed by atoms with Crippen LogP contribution in [-0.4, -0.2) is 0 Å². The Labute approximate surface area is 279 Å². The Hall–Kier alpha value is -3.82. The largest absolute Gasteiger partial charge is 0.0622 e. The molecule has 0 aromatic heterocycles. The van der Waals surface area contributed by atoms with E-state index in [-0.39, 0.29) is 0 Å². The topological polar surface area (TPSA) is 0 Å². The Bertz CT molecular complexity index is 1770. The molecule has 0 amide bonds. The van der Waals surface area contributed by atoms with Crippen molar-refractivity contribution in [2.45, 2.75) is 55.4 Å². The Morgan fingerprint density at radius 3 is 0.717 bits per heavy atom. The van der Waals surface area contributed by atoms with Crippen molar-refractivity contribution in [2.24, 2.45) is 0 Å². The molecule has 6 aromatic rings. The lowest BCUT2D eigenvalue weighted by atomic mass is 9.85. The van der Waals surface area contributed by atoms with Crippen molar-refractivity contribution >= 4 is 47.7 Å². The molecular formula is C44H44P2. The van der Waals surface area contributed by atoms with E-state index in [9.17, 15) is 0 Å². The van der Waals surface area contributed by atoms with Gasteiger partial charge in [0.2, 0.25) is 0 Å². The quantitative estimate of drug-likeness (QED) is 0.154. The first kappa shape index (κ1) is 32.1. The van der Waals surface area contributed by atoms with Gasteiger partial charge in [0.25, 0.3) is 0 Å². The molecule has 0 radical (unpaired) electrons. The second-order valence-electron chi connectivity index (χ2n) is 12.5. The lowest BCUT2D eigenvalue weighted by molar-refractivity contribution is 1.21. The van der Waals surface area contributed by atoms with Crippen LogP contribution in [0.1, 0.15) is 44.5 Å². The van der Waals surface area contributed by atoms with Crippen LogP contribution in [0.3, 0.4) is 0 Å². The van der Waals surface area contributed by atoms with Crippen molar-refractivity contribution in [2.75, 3.05) is 0 Å². The molecule has 0 spiro atoms. The van der Waals surface area contributed by atoms with E-state index in [1.807, 2.05) is 0 Å². The molecule has 6 rings (SSSR count). The zero-order valence-electron chi connectivity index (χ0n) is 28.4. The maximum atomic E-state index is 2.38. The Morgan fingerprint density at radius 2 is 0.478 bits per heavy atom. The summed E-state index contributed by atoms with van der Waals surface area (Å²) in [7, 11) is -1.66. The third kappa shape index (κ3) is 5.68. The van der Waals surface area contributed by atoms with Gasteiger partial charge in [-0.25, -0.2) is 0 Å². The molecule has 0 saturated heterocycles. The molecule has 230 valence electrons. The van der Waals surface area contributed by atoms with Crippen molar-refractivity contribution in [1.29, 1.82) is 0 Å². The van der Waals surface area contributed by atoms with Crippen LogP contribution < -0.4 is 31.8 Å². The van der Waals surface area contributed by atoms with Gasteiger partial charge in [0.15, 0.2) is 0 Å². The van der Waals surface area contributed by atoms with Gasteiger partial charge in [-0.05, 0) is 159 Å². The van der Waals surface area contributed by atoms with Gasteiger partial charge in [0, 0.05) is 0 Å². The molecule has 0 aliphatic rings. The highest BCUT2D eigenvalue weighted by Gasteiger charge is 2.32. The molecule has 0 fully saturated rings. The summed E-state index contributed by atoms with van der Waals surface area (Å²) in [6.45, 7) is 18.8. The number of hydrogen-bond donors (Lipinski definition) is 0. The summed E-state index contributed by atoms with van der Waals surface area (Å²) < 4.78 is 0. The summed E-state index contributed by atoms with van der Waals surface area (Å²) in [5, 5.41) is 8.56. The molecule has 0 saturated carbocycles. The minimum atomic E-state index is -0.828. The van der Waals surface area contributed by atoms with Gasteiger partial charge in [-0.2, -0.15) is 0 Å². The fraction of sp³-hybridized carbons (Fsp3) is 0.182. The molecule has 0 aliphatic heterocycles. The third-order valence-electron chi connectivity index (χ3n) is 10.1. The van der Waals surface area contributed by atoms with E-state index in [1.165, 1.54) is 87.5 Å². The average Bonchev–Trinajstić information content (AvgIpc) is 3.10. The van der Waals surface area contributed by atoms with Crippen LogP contribution in [0.25, 0.3) is 11.1 Å². The SMILES string of the molecule is Cc1c(C)c(C)c(P(c2ccccc2)c2ccccc2)c(-c2c(C)c(C)c(C)c(C)c2P(c2ccccc2)c2ccccc2)c1C. The van der Waals surface area contributed by atoms with Crippen molar-refractivity contribution in [3.8, 4) is 11.1 Å². The Balaban J connectivity index is 1.82. The monoisotopic (exact) mass is 634 g/mol. The smallest absolute Gasteiger partial charge is 0.00375 e. The van der Waals surface area contributed by atoms with Gasteiger partial charge >= 0.3 is 0 Å². The molecule has 46 heavy (non-hydrogen) atoms. The minimum Gasteiger partial charge on any atom is -0.0622 e. The van der Waals surface area contributed by atoms with E-state index < -0.39 is 15.8 Å². The molecule has 0 atom stereocenters. The second kappa shape index (κ2) is 13.5. The summed E-state index contributed by atoms with van der Waals surface area (Å²) in [4.78, 5) is 0. The van der Waals surface area contributed by atoms with Crippen molar-refractivity contribution in [3.63, 3.8) is 0 Å². The van der Waals surface area contributed by atoms with Crippen LogP contribution in [0.5, 0.6) is 0 Å². The van der Waals surface area contributed by atoms with Crippen LogP contribution in [0, 0.1) is 55.4 Å². The Kier molecular flexibility index (Phi) is 9.43. The fourth-order valence-electron chi connectivity index (χ4n) is 6.88. The molecule has 0 heterocycles. The summed E-state index contributed by atoms with van der Waals surface area (Å²) >= 11 is 0. The summed E-state index contributed by atoms with van der Waals surface area (Å²) in [6, 6.07) is 44.9. The van der Waals surface area contributed by atoms with E-state index in [1.54, 1.807) is 0 Å². The van der Waals surface area contributed by atoms with E-state index in [4.69, 9.17) is 0 Å². The Morgan fingerprint density at radius 1 is 0.261 bits per heavy atom. The first-order valence-electron chi connectivity index (χ1n) is 16.2. The van der Waals surface area contributed by atoms with E-state index in [0.29, 0.717) is 0 Å². The van der Waals surface area contributed by atoms with E-state index in [2.05, 4.69) is 177 Å². The standard InChI is InChI=1S/C44H44P2/c1-29-31(3)35(7)43(45(37-21-13-9-14-22-37)38-23-15-10-16-24-38)41(33(29)5)42-34(6)30(2)32(4)36(8)44(42)46(39-25-17-11-18-26-39)40-27-19-12-20-28-40/h9-28H,1-8H3. The van der Waals surface area contributed by atoms with Gasteiger partial charge in [0.1, 0.15) is 0 Å². The van der Waals surface area contributed by atoms with Crippen molar-refractivity contribution < 1.29 is 0 Å². The van der Waals surface area contributed by atoms with Gasteiger partial charge in [-0.1, -0.05) is 121 Å². The second-order valence-corrected chi connectivity index (χ2v) is 16.8. The molecule has 0 aliphatic carbocycles. The van der Waals surface area contributed by atoms with Crippen molar-refractivity contribution in [1.82, 2.24) is 0 Å². The lowest BCUT2D eigenvalue weighted by Gasteiger charge is -2.33. The van der Waals surface area contributed by atoms with E-state index >= 15 is 0 Å². The number of hydrogen-bond acceptors (Lipinski definition) is 0. The molecular weight excluding hydrogens is 590 g/mol. The van der Waals surface area contributed by atoms with Crippen LogP contribution in [0.4, 0.5) is 0 Å². The average molecular weight is 635 g/mol. The van der Waals surface area contributed by atoms with Crippen LogP contribution in [0.15, 0.2) is 121 Å². The molecule has 0 unspecified atom stereocenters. The first-order valence-corrected chi connectivity index (χ1v) is 18.9. The summed E-state index contributed by atoms with van der Waals surface area (Å²) in [6.07, 6.45) is 0. The maximum absolute atomic E-state index is 2.38. The molecule has 0 N–H and O–H groups in total. The number of rotatable bonds is 7. The summed E-state index contributed by atoms with van der Waals surface area (Å²) in [5.41, 5.74) is 14.1. The van der Waals surface area contributed by atoms with Crippen molar-refractivity contribution in [3.05, 3.63) is 166 Å². The van der Waals surface area contributed by atoms with Gasteiger partial charge in [-0.15, -0.1) is 0 Å². The zero-order chi connectivity index (χ0) is 32.5. The lowest BCUT2D eigenvalue weighted by Crippen LogP contribution is -2.30. The number of benzene rings is 6. The highest BCUT2D eigenvalue weighted by Crippen LogP contribution is 2.47. The van der Waals surface area contributed by atoms with Crippen LogP contribution in [0.2, 0.25) is 0 Å². The highest BCUT2D eigenvalue weighted by atomic mass is 31.1. The molecule has 6 aromatic carbocycles. The van der Waals surface area contributed by atoms with Gasteiger partial charge < -0.3 is 0 Å².